The molecule has 6 rings (SSSR count). The van der Waals surface area contributed by atoms with Gasteiger partial charge in [0.05, 0.1) is 50.8 Å². The van der Waals surface area contributed by atoms with Gasteiger partial charge in [-0.2, -0.15) is 5.26 Å². The number of fused-ring (bicyclic) bond motifs is 1. The lowest BCUT2D eigenvalue weighted by atomic mass is 10.0. The van der Waals surface area contributed by atoms with Gasteiger partial charge in [0, 0.05) is 35.4 Å². The summed E-state index contributed by atoms with van der Waals surface area (Å²) in [5.41, 5.74) is 6.04. The molecule has 2 fully saturated rings. The predicted molar refractivity (Wildman–Crippen MR) is 136 cm³/mol. The number of H-pyrrole nitrogens is 1. The standard InChI is InChI=1S/C27H26N6O3/c28-17-21-15-20(3-6-25(21)36-33-9-13-35-14-10-33)26-23-16-24(31-27(23)30-18-29-26)19-1-4-22(5-2-19)32-7-11-34-12-8-32/h1-6,15-16,18H,7-14H2,(H,29,30,31). The van der Waals surface area contributed by atoms with Gasteiger partial charge >= 0.3 is 0 Å². The van der Waals surface area contributed by atoms with E-state index in [1.807, 2.05) is 23.3 Å². The second kappa shape index (κ2) is 9.95. The minimum Gasteiger partial charge on any atom is -0.404 e. The fourth-order valence-corrected chi connectivity index (χ4v) is 4.62. The van der Waals surface area contributed by atoms with Gasteiger partial charge < -0.3 is 24.2 Å². The number of nitriles is 1. The van der Waals surface area contributed by atoms with Crippen LogP contribution in [0.25, 0.3) is 33.5 Å². The summed E-state index contributed by atoms with van der Waals surface area (Å²) in [4.78, 5) is 20.7. The van der Waals surface area contributed by atoms with Crippen LogP contribution in [0, 0.1) is 11.3 Å². The summed E-state index contributed by atoms with van der Waals surface area (Å²) in [6.45, 7) is 5.90. The Balaban J connectivity index is 1.29. The van der Waals surface area contributed by atoms with Gasteiger partial charge in [0.2, 0.25) is 0 Å². The van der Waals surface area contributed by atoms with Gasteiger partial charge in [-0.3, -0.25) is 0 Å². The van der Waals surface area contributed by atoms with E-state index in [1.165, 1.54) is 5.69 Å². The molecule has 0 atom stereocenters. The van der Waals surface area contributed by atoms with E-state index in [4.69, 9.17) is 14.3 Å². The SMILES string of the molecule is N#Cc1cc(-c2ncnc3[nH]c(-c4ccc(N5CCOCC5)cc4)cc23)ccc1ON1CCOCC1. The first-order valence-corrected chi connectivity index (χ1v) is 12.1. The number of nitrogens with zero attached hydrogens (tertiary/aromatic N) is 5. The number of rotatable bonds is 5. The van der Waals surface area contributed by atoms with Crippen molar-refractivity contribution in [3.63, 3.8) is 0 Å². The molecule has 0 unspecified atom stereocenters. The number of hydrogen-bond donors (Lipinski definition) is 1. The molecule has 36 heavy (non-hydrogen) atoms. The lowest BCUT2D eigenvalue weighted by molar-refractivity contribution is -0.118. The molecule has 182 valence electrons. The quantitative estimate of drug-likeness (QED) is 0.460. The van der Waals surface area contributed by atoms with Gasteiger partial charge in [0.1, 0.15) is 18.0 Å². The molecule has 0 bridgehead atoms. The van der Waals surface area contributed by atoms with Gasteiger partial charge in [0.15, 0.2) is 5.75 Å². The maximum atomic E-state index is 9.78. The van der Waals surface area contributed by atoms with Crippen LogP contribution < -0.4 is 9.74 Å². The van der Waals surface area contributed by atoms with E-state index in [1.54, 1.807) is 6.33 Å². The summed E-state index contributed by atoms with van der Waals surface area (Å²) in [7, 11) is 0. The molecule has 9 nitrogen and oxygen atoms in total. The summed E-state index contributed by atoms with van der Waals surface area (Å²) >= 11 is 0. The van der Waals surface area contributed by atoms with Crippen LogP contribution in [-0.2, 0) is 9.47 Å². The Morgan fingerprint density at radius 3 is 2.33 bits per heavy atom. The van der Waals surface area contributed by atoms with Crippen LogP contribution in [0.5, 0.6) is 5.75 Å². The van der Waals surface area contributed by atoms with Crippen molar-refractivity contribution in [1.82, 2.24) is 20.0 Å². The molecule has 1 N–H and O–H groups in total. The Kier molecular flexibility index (Phi) is 6.22. The number of aromatic nitrogens is 3. The molecule has 0 amide bonds. The van der Waals surface area contributed by atoms with Crippen LogP contribution in [0.1, 0.15) is 5.56 Å². The van der Waals surface area contributed by atoms with Crippen molar-refractivity contribution in [1.29, 1.82) is 5.26 Å². The van der Waals surface area contributed by atoms with Crippen LogP contribution in [0.3, 0.4) is 0 Å². The Bertz CT molecular complexity index is 1400. The van der Waals surface area contributed by atoms with Gasteiger partial charge in [-0.15, -0.1) is 5.06 Å². The molecular formula is C27H26N6O3. The first-order chi connectivity index (χ1) is 17.8. The van der Waals surface area contributed by atoms with E-state index in [0.717, 1.165) is 59.9 Å². The highest BCUT2D eigenvalue weighted by atomic mass is 16.7. The molecule has 4 heterocycles. The second-order valence-electron chi connectivity index (χ2n) is 8.77. The smallest absolute Gasteiger partial charge is 0.165 e. The largest absolute Gasteiger partial charge is 0.404 e. The molecule has 2 aliphatic rings. The molecule has 4 aromatic rings. The van der Waals surface area contributed by atoms with Gasteiger partial charge in [-0.1, -0.05) is 12.1 Å². The summed E-state index contributed by atoms with van der Waals surface area (Å²) in [6.07, 6.45) is 1.55. The fraction of sp³-hybridized carbons (Fsp3) is 0.296. The number of hydroxylamine groups is 2. The van der Waals surface area contributed by atoms with Gasteiger partial charge in [-0.05, 0) is 42.0 Å². The van der Waals surface area contributed by atoms with E-state index >= 15 is 0 Å². The highest BCUT2D eigenvalue weighted by molar-refractivity contribution is 5.94. The van der Waals surface area contributed by atoms with Crippen molar-refractivity contribution in [2.24, 2.45) is 0 Å². The number of hydrogen-bond acceptors (Lipinski definition) is 8. The number of aromatic amines is 1. The molecule has 2 aliphatic heterocycles. The number of anilines is 1. The number of benzene rings is 2. The zero-order valence-corrected chi connectivity index (χ0v) is 19.8. The number of nitrogens with one attached hydrogen (secondary N) is 1. The molecule has 0 spiro atoms. The third-order valence-electron chi connectivity index (χ3n) is 6.55. The lowest BCUT2D eigenvalue weighted by Crippen LogP contribution is -2.38. The molecule has 0 radical (unpaired) electrons. The van der Waals surface area contributed by atoms with E-state index in [-0.39, 0.29) is 0 Å². The molecule has 9 heteroatoms. The first-order valence-electron chi connectivity index (χ1n) is 12.1. The highest BCUT2D eigenvalue weighted by Crippen LogP contribution is 2.33. The summed E-state index contributed by atoms with van der Waals surface area (Å²) in [5.74, 6) is 0.531. The topological polar surface area (TPSA) is 99.5 Å². The Hall–Kier alpha value is -3.97. The minimum absolute atomic E-state index is 0.459. The maximum absolute atomic E-state index is 9.78. The Morgan fingerprint density at radius 1 is 0.861 bits per heavy atom. The maximum Gasteiger partial charge on any atom is 0.165 e. The second-order valence-corrected chi connectivity index (χ2v) is 8.77. The average molecular weight is 483 g/mol. The molecule has 2 aromatic carbocycles. The number of ether oxygens (including phenoxy) is 2. The third kappa shape index (κ3) is 4.50. The van der Waals surface area contributed by atoms with Crippen LogP contribution in [0.15, 0.2) is 54.9 Å². The van der Waals surface area contributed by atoms with Crippen LogP contribution in [-0.4, -0.2) is 72.6 Å². The Labute approximate surface area is 208 Å². The summed E-state index contributed by atoms with van der Waals surface area (Å²) in [5, 5.41) is 12.5. The monoisotopic (exact) mass is 482 g/mol. The predicted octanol–water partition coefficient (Wildman–Crippen LogP) is 3.63. The normalized spacial score (nSPS) is 16.7. The average Bonchev–Trinajstić information content (AvgIpc) is 3.39. The summed E-state index contributed by atoms with van der Waals surface area (Å²) in [6, 6.07) is 18.4. The van der Waals surface area contributed by atoms with Crippen LogP contribution in [0.4, 0.5) is 5.69 Å². The van der Waals surface area contributed by atoms with E-state index in [9.17, 15) is 5.26 Å². The third-order valence-corrected chi connectivity index (χ3v) is 6.55. The van der Waals surface area contributed by atoms with Crippen LogP contribution >= 0.6 is 0 Å². The van der Waals surface area contributed by atoms with Crippen molar-refractivity contribution in [2.75, 3.05) is 57.5 Å². The fourth-order valence-electron chi connectivity index (χ4n) is 4.62. The van der Waals surface area contributed by atoms with Crippen molar-refractivity contribution < 1.29 is 14.3 Å². The van der Waals surface area contributed by atoms with Gasteiger partial charge in [-0.25, -0.2) is 9.97 Å². The minimum atomic E-state index is 0.459. The van der Waals surface area contributed by atoms with Crippen molar-refractivity contribution in [3.8, 4) is 34.3 Å². The molecular weight excluding hydrogens is 456 g/mol. The van der Waals surface area contributed by atoms with Crippen molar-refractivity contribution in [2.45, 2.75) is 0 Å². The molecule has 0 aliphatic carbocycles. The van der Waals surface area contributed by atoms with E-state index in [2.05, 4.69) is 56.3 Å². The first kappa shape index (κ1) is 22.5. The van der Waals surface area contributed by atoms with Crippen molar-refractivity contribution >= 4 is 16.7 Å². The Morgan fingerprint density at radius 2 is 1.58 bits per heavy atom. The summed E-state index contributed by atoms with van der Waals surface area (Å²) < 4.78 is 10.8. The molecule has 2 aromatic heterocycles. The zero-order valence-electron chi connectivity index (χ0n) is 19.8. The molecule has 2 saturated heterocycles. The lowest BCUT2D eigenvalue weighted by Gasteiger charge is -2.28. The van der Waals surface area contributed by atoms with Crippen LogP contribution in [0.2, 0.25) is 0 Å². The number of morpholine rings is 2. The molecule has 0 saturated carbocycles. The van der Waals surface area contributed by atoms with E-state index in [0.29, 0.717) is 37.6 Å². The van der Waals surface area contributed by atoms with Gasteiger partial charge in [0.25, 0.3) is 0 Å². The van der Waals surface area contributed by atoms with E-state index < -0.39 is 0 Å². The highest BCUT2D eigenvalue weighted by Gasteiger charge is 2.17. The zero-order chi connectivity index (χ0) is 24.3. The van der Waals surface area contributed by atoms with Crippen molar-refractivity contribution in [3.05, 3.63) is 60.4 Å².